The van der Waals surface area contributed by atoms with E-state index in [4.69, 9.17) is 14.7 Å². The van der Waals surface area contributed by atoms with Gasteiger partial charge in [0.2, 0.25) is 0 Å². The topological polar surface area (TPSA) is 54.3 Å². The molecule has 0 saturated carbocycles. The predicted octanol–water partition coefficient (Wildman–Crippen LogP) is 1.99. The molecule has 2 heterocycles. The number of benzene rings is 1. The Labute approximate surface area is 117 Å². The molecule has 1 spiro atoms. The third kappa shape index (κ3) is 2.62. The van der Waals surface area contributed by atoms with Gasteiger partial charge in [0.05, 0.1) is 23.8 Å². The summed E-state index contributed by atoms with van der Waals surface area (Å²) < 4.78 is 25.4. The zero-order valence-corrected chi connectivity index (χ0v) is 11.2. The third-order valence-electron chi connectivity index (χ3n) is 4.04. The van der Waals surface area contributed by atoms with Gasteiger partial charge < -0.3 is 14.8 Å². The number of piperidine rings is 1. The molecule has 0 bridgehead atoms. The summed E-state index contributed by atoms with van der Waals surface area (Å²) in [4.78, 5) is 0. The summed E-state index contributed by atoms with van der Waals surface area (Å²) in [6.07, 6.45) is 2.63. The quantitative estimate of drug-likeness (QED) is 0.897. The van der Waals surface area contributed by atoms with Crippen LogP contribution in [-0.4, -0.2) is 31.4 Å². The van der Waals surface area contributed by atoms with E-state index in [1.165, 1.54) is 12.1 Å². The van der Waals surface area contributed by atoms with E-state index in [1.54, 1.807) is 6.07 Å². The van der Waals surface area contributed by atoms with Crippen LogP contribution in [0.15, 0.2) is 18.2 Å². The molecular weight excluding hydrogens is 259 g/mol. The third-order valence-corrected chi connectivity index (χ3v) is 4.04. The van der Waals surface area contributed by atoms with Gasteiger partial charge in [0.25, 0.3) is 0 Å². The van der Waals surface area contributed by atoms with Crippen molar-refractivity contribution in [3.63, 3.8) is 0 Å². The van der Waals surface area contributed by atoms with Gasteiger partial charge >= 0.3 is 0 Å². The Morgan fingerprint density at radius 2 is 2.20 bits per heavy atom. The fraction of sp³-hybridized carbons (Fsp3) is 0.533. The summed E-state index contributed by atoms with van der Waals surface area (Å²) in [5.74, 6) is -0.293. The van der Waals surface area contributed by atoms with Gasteiger partial charge in [-0.15, -0.1) is 0 Å². The maximum atomic E-state index is 13.8. The molecule has 20 heavy (non-hydrogen) atoms. The van der Waals surface area contributed by atoms with E-state index in [0.29, 0.717) is 12.2 Å². The van der Waals surface area contributed by atoms with E-state index in [1.807, 2.05) is 6.07 Å². The van der Waals surface area contributed by atoms with Crippen LogP contribution in [0.4, 0.5) is 4.39 Å². The molecule has 1 unspecified atom stereocenters. The Kier molecular flexibility index (Phi) is 3.60. The molecule has 2 aliphatic heterocycles. The molecule has 1 aromatic rings. The molecule has 106 valence electrons. The Morgan fingerprint density at radius 1 is 1.40 bits per heavy atom. The Balaban J connectivity index is 1.66. The maximum Gasteiger partial charge on any atom is 0.166 e. The highest BCUT2D eigenvalue weighted by Crippen LogP contribution is 2.36. The van der Waals surface area contributed by atoms with Crippen LogP contribution in [0.25, 0.3) is 0 Å². The van der Waals surface area contributed by atoms with Crippen molar-refractivity contribution >= 4 is 0 Å². The molecule has 0 amide bonds. The molecule has 0 aliphatic carbocycles. The number of nitrogens with zero attached hydrogens (tertiary/aromatic N) is 1. The Morgan fingerprint density at radius 3 is 2.90 bits per heavy atom. The molecule has 2 aliphatic rings. The number of rotatable bonds is 2. The molecule has 2 fully saturated rings. The van der Waals surface area contributed by atoms with Gasteiger partial charge in [-0.2, -0.15) is 5.26 Å². The van der Waals surface area contributed by atoms with Gasteiger partial charge in [-0.1, -0.05) is 0 Å². The highest BCUT2D eigenvalue weighted by atomic mass is 19.1. The lowest BCUT2D eigenvalue weighted by atomic mass is 9.89. The summed E-state index contributed by atoms with van der Waals surface area (Å²) in [6, 6.07) is 6.19. The van der Waals surface area contributed by atoms with Crippen molar-refractivity contribution in [3.05, 3.63) is 29.6 Å². The minimum absolute atomic E-state index is 0.0982. The minimum Gasteiger partial charge on any atom is -0.485 e. The van der Waals surface area contributed by atoms with Gasteiger partial charge in [-0.05, 0) is 44.1 Å². The molecular formula is C15H17FN2O2. The summed E-state index contributed by atoms with van der Waals surface area (Å²) >= 11 is 0. The van der Waals surface area contributed by atoms with Crippen LogP contribution in [0, 0.1) is 17.1 Å². The highest BCUT2D eigenvalue weighted by molar-refractivity contribution is 5.36. The lowest BCUT2D eigenvalue weighted by molar-refractivity contribution is -0.0205. The molecule has 3 rings (SSSR count). The van der Waals surface area contributed by atoms with Crippen molar-refractivity contribution in [1.82, 2.24) is 5.32 Å². The average Bonchev–Trinajstić information content (AvgIpc) is 2.84. The molecule has 1 aromatic carbocycles. The lowest BCUT2D eigenvalue weighted by Crippen LogP contribution is -2.41. The number of ether oxygens (including phenoxy) is 2. The second kappa shape index (κ2) is 5.39. The highest BCUT2D eigenvalue weighted by Gasteiger charge is 2.42. The van der Waals surface area contributed by atoms with E-state index in [-0.39, 0.29) is 17.5 Å². The number of nitrogens with one attached hydrogen (secondary N) is 1. The van der Waals surface area contributed by atoms with Crippen molar-refractivity contribution in [2.45, 2.75) is 31.0 Å². The lowest BCUT2D eigenvalue weighted by Gasteiger charge is -2.32. The summed E-state index contributed by atoms with van der Waals surface area (Å²) in [5.41, 5.74) is 0.200. The van der Waals surface area contributed by atoms with Crippen molar-refractivity contribution in [1.29, 1.82) is 5.26 Å². The number of nitriles is 1. The Hall–Kier alpha value is -1.64. The normalized spacial score (nSPS) is 24.5. The summed E-state index contributed by atoms with van der Waals surface area (Å²) in [5, 5.41) is 12.0. The van der Waals surface area contributed by atoms with Crippen LogP contribution in [0.3, 0.4) is 0 Å². The first-order valence-corrected chi connectivity index (χ1v) is 6.92. The van der Waals surface area contributed by atoms with Gasteiger partial charge in [0.15, 0.2) is 11.6 Å². The van der Waals surface area contributed by atoms with E-state index in [9.17, 15) is 4.39 Å². The molecule has 2 saturated heterocycles. The van der Waals surface area contributed by atoms with Crippen molar-refractivity contribution in [2.24, 2.45) is 0 Å². The van der Waals surface area contributed by atoms with Gasteiger partial charge in [0.1, 0.15) is 6.10 Å². The zero-order valence-electron chi connectivity index (χ0n) is 11.2. The molecule has 0 radical (unpaired) electrons. The van der Waals surface area contributed by atoms with Gasteiger partial charge in [-0.3, -0.25) is 0 Å². The molecule has 5 heteroatoms. The first-order valence-electron chi connectivity index (χ1n) is 6.92. The van der Waals surface area contributed by atoms with Crippen LogP contribution in [0.5, 0.6) is 5.75 Å². The van der Waals surface area contributed by atoms with Crippen LogP contribution >= 0.6 is 0 Å². The predicted molar refractivity (Wildman–Crippen MR) is 70.9 cm³/mol. The second-order valence-corrected chi connectivity index (χ2v) is 5.45. The Bertz CT molecular complexity index is 535. The molecule has 4 nitrogen and oxygen atoms in total. The minimum atomic E-state index is -0.490. The largest absolute Gasteiger partial charge is 0.485 e. The summed E-state index contributed by atoms with van der Waals surface area (Å²) in [7, 11) is 0. The number of halogens is 1. The van der Waals surface area contributed by atoms with E-state index in [2.05, 4.69) is 5.32 Å². The molecule has 1 atom stereocenters. The van der Waals surface area contributed by atoms with E-state index >= 15 is 0 Å². The van der Waals surface area contributed by atoms with Crippen LogP contribution in [-0.2, 0) is 4.74 Å². The fourth-order valence-corrected chi connectivity index (χ4v) is 2.95. The maximum absolute atomic E-state index is 13.8. The standard InChI is InChI=1S/C15H17FN2O2/c16-13-7-11(9-17)1-2-14(13)20-12-8-15(19-10-12)3-5-18-6-4-15/h1-2,7,12,18H,3-6,8,10H2. The monoisotopic (exact) mass is 276 g/mol. The first kappa shape index (κ1) is 13.3. The first-order chi connectivity index (χ1) is 9.71. The zero-order chi connectivity index (χ0) is 14.0. The molecule has 1 N–H and O–H groups in total. The second-order valence-electron chi connectivity index (χ2n) is 5.45. The van der Waals surface area contributed by atoms with Gasteiger partial charge in [0, 0.05) is 6.42 Å². The van der Waals surface area contributed by atoms with E-state index < -0.39 is 5.82 Å². The van der Waals surface area contributed by atoms with Gasteiger partial charge in [-0.25, -0.2) is 4.39 Å². The smallest absolute Gasteiger partial charge is 0.166 e. The fourth-order valence-electron chi connectivity index (χ4n) is 2.95. The van der Waals surface area contributed by atoms with Crippen molar-refractivity contribution in [2.75, 3.05) is 19.7 Å². The van der Waals surface area contributed by atoms with Crippen LogP contribution < -0.4 is 10.1 Å². The number of hydrogen-bond donors (Lipinski definition) is 1. The SMILES string of the molecule is N#Cc1ccc(OC2COC3(CCNCC3)C2)c(F)c1. The van der Waals surface area contributed by atoms with Crippen LogP contribution in [0.1, 0.15) is 24.8 Å². The average molecular weight is 276 g/mol. The molecule has 0 aromatic heterocycles. The van der Waals surface area contributed by atoms with E-state index in [0.717, 1.165) is 32.4 Å². The summed E-state index contributed by atoms with van der Waals surface area (Å²) in [6.45, 7) is 2.41. The number of hydrogen-bond acceptors (Lipinski definition) is 4. The van der Waals surface area contributed by atoms with Crippen LogP contribution in [0.2, 0.25) is 0 Å². The van der Waals surface area contributed by atoms with Crippen molar-refractivity contribution in [3.8, 4) is 11.8 Å². The van der Waals surface area contributed by atoms with Crippen molar-refractivity contribution < 1.29 is 13.9 Å².